The van der Waals surface area contributed by atoms with Crippen molar-refractivity contribution in [3.63, 3.8) is 0 Å². The first-order valence-corrected chi connectivity index (χ1v) is 12.2. The number of ether oxygens (including phenoxy) is 1. The molecule has 1 aliphatic rings. The van der Waals surface area contributed by atoms with Crippen molar-refractivity contribution in [2.75, 3.05) is 20.1 Å². The van der Waals surface area contributed by atoms with E-state index >= 15 is 0 Å². The summed E-state index contributed by atoms with van der Waals surface area (Å²) in [5.41, 5.74) is 0.822. The van der Waals surface area contributed by atoms with Crippen LogP contribution in [-0.4, -0.2) is 64.4 Å². The summed E-state index contributed by atoms with van der Waals surface area (Å²) >= 11 is 1.45. The van der Waals surface area contributed by atoms with Gasteiger partial charge in [0.1, 0.15) is 12.6 Å². The number of rotatable bonds is 9. The molecule has 10 nitrogen and oxygen atoms in total. The molecular formula is C23H31N5O5S. The Morgan fingerprint density at radius 1 is 1.18 bits per heavy atom. The zero-order valence-electron chi connectivity index (χ0n) is 19.7. The van der Waals surface area contributed by atoms with Crippen LogP contribution < -0.4 is 10.6 Å². The molecule has 1 aliphatic heterocycles. The number of amides is 3. The van der Waals surface area contributed by atoms with Crippen LogP contribution in [0.25, 0.3) is 0 Å². The summed E-state index contributed by atoms with van der Waals surface area (Å²) in [6.07, 6.45) is 1.56. The van der Waals surface area contributed by atoms with Gasteiger partial charge in [0, 0.05) is 5.25 Å². The first-order chi connectivity index (χ1) is 16.3. The molecule has 1 aromatic carbocycles. The fraction of sp³-hybridized carbons (Fsp3) is 0.522. The highest BCUT2D eigenvalue weighted by atomic mass is 32.2. The van der Waals surface area contributed by atoms with Gasteiger partial charge in [-0.25, -0.2) is 4.79 Å². The monoisotopic (exact) mass is 489 g/mol. The van der Waals surface area contributed by atoms with Gasteiger partial charge in [-0.05, 0) is 50.9 Å². The number of likely N-dealkylation sites (tertiary alicyclic amines) is 1. The Labute approximate surface area is 203 Å². The minimum absolute atomic E-state index is 0.0708. The third-order valence-corrected chi connectivity index (χ3v) is 6.47. The van der Waals surface area contributed by atoms with E-state index < -0.39 is 23.9 Å². The predicted molar refractivity (Wildman–Crippen MR) is 126 cm³/mol. The van der Waals surface area contributed by atoms with Crippen molar-refractivity contribution in [2.24, 2.45) is 5.92 Å². The number of hydrogen-bond acceptors (Lipinski definition) is 9. The van der Waals surface area contributed by atoms with Gasteiger partial charge < -0.3 is 19.4 Å². The second-order valence-electron chi connectivity index (χ2n) is 8.70. The third-order valence-electron chi connectivity index (χ3n) is 5.30. The van der Waals surface area contributed by atoms with Gasteiger partial charge in [-0.2, -0.15) is 0 Å². The second kappa shape index (κ2) is 12.5. The summed E-state index contributed by atoms with van der Waals surface area (Å²) in [6.45, 7) is 5.87. The molecule has 0 spiro atoms. The first-order valence-electron chi connectivity index (χ1n) is 11.3. The van der Waals surface area contributed by atoms with E-state index in [4.69, 9.17) is 9.15 Å². The van der Waals surface area contributed by atoms with E-state index in [1.54, 1.807) is 0 Å². The summed E-state index contributed by atoms with van der Waals surface area (Å²) in [5, 5.41) is 13.1. The molecule has 1 fully saturated rings. The summed E-state index contributed by atoms with van der Waals surface area (Å²) in [6, 6.07) is 8.24. The van der Waals surface area contributed by atoms with E-state index in [1.165, 1.54) is 11.8 Å². The number of thioether (sulfide) groups is 1. The Morgan fingerprint density at radius 3 is 2.56 bits per heavy atom. The van der Waals surface area contributed by atoms with E-state index in [-0.39, 0.29) is 18.4 Å². The lowest BCUT2D eigenvalue weighted by atomic mass is 10.0. The van der Waals surface area contributed by atoms with E-state index in [0.717, 1.165) is 31.5 Å². The molecule has 0 unspecified atom stereocenters. The van der Waals surface area contributed by atoms with Crippen LogP contribution in [0.5, 0.6) is 0 Å². The van der Waals surface area contributed by atoms with Crippen LogP contribution in [0.3, 0.4) is 0 Å². The molecule has 0 saturated carbocycles. The topological polar surface area (TPSA) is 127 Å². The summed E-state index contributed by atoms with van der Waals surface area (Å²) in [5.74, 6) is -1.68. The van der Waals surface area contributed by atoms with Crippen molar-refractivity contribution < 1.29 is 23.5 Å². The maximum absolute atomic E-state index is 12.7. The molecule has 0 bridgehead atoms. The average molecular weight is 490 g/mol. The number of hydrogen-bond donors (Lipinski definition) is 2. The Hall–Kier alpha value is -2.92. The van der Waals surface area contributed by atoms with Gasteiger partial charge in [-0.1, -0.05) is 55.9 Å². The molecule has 1 aromatic heterocycles. The number of nitrogens with one attached hydrogen (secondary N) is 2. The molecule has 1 atom stereocenters. The highest BCUT2D eigenvalue weighted by Crippen LogP contribution is 2.29. The van der Waals surface area contributed by atoms with Crippen molar-refractivity contribution in [3.05, 3.63) is 41.8 Å². The maximum Gasteiger partial charge on any atom is 0.408 e. The van der Waals surface area contributed by atoms with Gasteiger partial charge in [-0.3, -0.25) is 14.9 Å². The van der Waals surface area contributed by atoms with Crippen LogP contribution in [0.4, 0.5) is 4.79 Å². The maximum atomic E-state index is 12.7. The molecule has 3 amide bonds. The Kier molecular flexibility index (Phi) is 9.46. The molecule has 0 aliphatic carbocycles. The largest absolute Gasteiger partial charge is 0.445 e. The minimum Gasteiger partial charge on any atom is -0.445 e. The fourth-order valence-electron chi connectivity index (χ4n) is 3.46. The molecule has 3 rings (SSSR count). The van der Waals surface area contributed by atoms with Gasteiger partial charge in [-0.15, -0.1) is 10.2 Å². The Morgan fingerprint density at radius 2 is 1.88 bits per heavy atom. The zero-order valence-corrected chi connectivity index (χ0v) is 20.5. The Balaban J connectivity index is 1.52. The highest BCUT2D eigenvalue weighted by Gasteiger charge is 2.27. The zero-order chi connectivity index (χ0) is 24.5. The number of alkyl carbamates (subject to hydrolysis) is 1. The van der Waals surface area contributed by atoms with Crippen molar-refractivity contribution in [2.45, 2.75) is 56.2 Å². The van der Waals surface area contributed by atoms with E-state index in [2.05, 4.69) is 32.8 Å². The normalized spacial score (nSPS) is 15.6. The lowest BCUT2D eigenvalue weighted by molar-refractivity contribution is -0.122. The number of nitrogens with zero attached hydrogens (tertiary/aromatic N) is 3. The van der Waals surface area contributed by atoms with Crippen molar-refractivity contribution in [3.8, 4) is 0 Å². The van der Waals surface area contributed by atoms with Gasteiger partial charge in [0.05, 0.1) is 0 Å². The smallest absolute Gasteiger partial charge is 0.408 e. The van der Waals surface area contributed by atoms with E-state index in [9.17, 15) is 14.4 Å². The molecular weight excluding hydrogens is 458 g/mol. The fourth-order valence-corrected chi connectivity index (χ4v) is 4.40. The lowest BCUT2D eigenvalue weighted by Crippen LogP contribution is -2.49. The number of aromatic nitrogens is 2. The van der Waals surface area contributed by atoms with Gasteiger partial charge in [0.15, 0.2) is 0 Å². The second-order valence-corrected chi connectivity index (χ2v) is 9.95. The molecule has 1 saturated heterocycles. The minimum atomic E-state index is -0.955. The predicted octanol–water partition coefficient (Wildman–Crippen LogP) is 2.85. The van der Waals surface area contributed by atoms with Crippen molar-refractivity contribution >= 4 is 29.7 Å². The number of imide groups is 1. The number of carbonyl (C=O) groups excluding carboxylic acids is 3. The van der Waals surface area contributed by atoms with Crippen molar-refractivity contribution in [1.82, 2.24) is 25.7 Å². The molecule has 184 valence electrons. The van der Waals surface area contributed by atoms with Crippen LogP contribution in [0.1, 0.15) is 49.4 Å². The molecule has 2 N–H and O–H groups in total. The van der Waals surface area contributed by atoms with Crippen LogP contribution in [-0.2, 0) is 16.1 Å². The lowest BCUT2D eigenvalue weighted by Gasteiger charge is -2.27. The van der Waals surface area contributed by atoms with Gasteiger partial charge in [0.2, 0.25) is 5.91 Å². The number of piperidine rings is 1. The summed E-state index contributed by atoms with van der Waals surface area (Å²) in [4.78, 5) is 39.7. The van der Waals surface area contributed by atoms with Gasteiger partial charge in [0.25, 0.3) is 5.22 Å². The van der Waals surface area contributed by atoms with Crippen LogP contribution in [0.2, 0.25) is 0 Å². The van der Waals surface area contributed by atoms with Crippen LogP contribution in [0.15, 0.2) is 40.0 Å². The first kappa shape index (κ1) is 25.7. The average Bonchev–Trinajstić information content (AvgIpc) is 3.28. The third kappa shape index (κ3) is 8.14. The summed E-state index contributed by atoms with van der Waals surface area (Å²) in [7, 11) is 2.08. The molecule has 0 radical (unpaired) electrons. The highest BCUT2D eigenvalue weighted by molar-refractivity contribution is 7.99. The Bertz CT molecular complexity index is 960. The number of benzene rings is 1. The van der Waals surface area contributed by atoms with E-state index in [0.29, 0.717) is 16.9 Å². The molecule has 11 heteroatoms. The van der Waals surface area contributed by atoms with Crippen LogP contribution in [0, 0.1) is 5.92 Å². The van der Waals surface area contributed by atoms with Gasteiger partial charge >= 0.3 is 17.9 Å². The quantitative estimate of drug-likeness (QED) is 0.546. The molecule has 2 heterocycles. The van der Waals surface area contributed by atoms with Crippen LogP contribution >= 0.6 is 11.8 Å². The molecule has 34 heavy (non-hydrogen) atoms. The number of carbonyl (C=O) groups is 3. The standard InChI is InChI=1S/C23H31N5O5S/c1-15(2)13-18(24-22(31)32-14-16-7-5-4-6-8-16)19(29)25-20(30)21-26-27-23(33-21)34-17-9-11-28(3)12-10-17/h4-8,15,17-18H,9-14H2,1-3H3,(H,24,31)(H,25,29,30)/t18-/m0/s1. The van der Waals surface area contributed by atoms with E-state index in [1.807, 2.05) is 44.2 Å². The molecule has 2 aromatic rings. The summed E-state index contributed by atoms with van der Waals surface area (Å²) < 4.78 is 10.7. The SMILES string of the molecule is CC(C)C[C@H](NC(=O)OCc1ccccc1)C(=O)NC(=O)c1nnc(SC2CCN(C)CC2)o1. The van der Waals surface area contributed by atoms with Crippen molar-refractivity contribution in [1.29, 1.82) is 0 Å².